The molecule has 6 heteroatoms. The molecule has 6 nitrogen and oxygen atoms in total. The van der Waals surface area contributed by atoms with E-state index in [4.69, 9.17) is 14.2 Å². The van der Waals surface area contributed by atoms with Gasteiger partial charge in [0.2, 0.25) is 0 Å². The molecule has 0 aromatic rings. The molecule has 374 valence electrons. The fraction of sp³-hybridized carbons (Fsp3) is 0.845. The van der Waals surface area contributed by atoms with Crippen LogP contribution in [-0.2, 0) is 28.6 Å². The van der Waals surface area contributed by atoms with Crippen molar-refractivity contribution in [3.8, 4) is 0 Å². The molecule has 0 aromatic carbocycles. The molecular formula is C58H106O6. The highest BCUT2D eigenvalue weighted by atomic mass is 16.6. The molecule has 0 aliphatic carbocycles. The van der Waals surface area contributed by atoms with Crippen molar-refractivity contribution in [3.05, 3.63) is 36.5 Å². The maximum absolute atomic E-state index is 12.8. The highest BCUT2D eigenvalue weighted by molar-refractivity contribution is 5.71. The lowest BCUT2D eigenvalue weighted by Gasteiger charge is -2.18. The Bertz CT molecular complexity index is 1080. The lowest BCUT2D eigenvalue weighted by molar-refractivity contribution is -0.167. The molecule has 0 rings (SSSR count). The van der Waals surface area contributed by atoms with E-state index in [0.717, 1.165) is 70.6 Å². The van der Waals surface area contributed by atoms with Gasteiger partial charge in [0.15, 0.2) is 6.10 Å². The third kappa shape index (κ3) is 50.6. The Kier molecular flexibility index (Phi) is 51.3. The average Bonchev–Trinajstić information content (AvgIpc) is 3.29. The smallest absolute Gasteiger partial charge is 0.306 e. The zero-order valence-electron chi connectivity index (χ0n) is 42.8. The van der Waals surface area contributed by atoms with Crippen LogP contribution in [0.25, 0.3) is 0 Å². The number of rotatable bonds is 51. The largest absolute Gasteiger partial charge is 0.462 e. The summed E-state index contributed by atoms with van der Waals surface area (Å²) in [7, 11) is 0. The van der Waals surface area contributed by atoms with Crippen molar-refractivity contribution in [2.24, 2.45) is 0 Å². The van der Waals surface area contributed by atoms with Crippen LogP contribution < -0.4 is 0 Å². The first kappa shape index (κ1) is 61.6. The molecule has 0 aromatic heterocycles. The first-order chi connectivity index (χ1) is 31.5. The zero-order chi connectivity index (χ0) is 46.5. The topological polar surface area (TPSA) is 78.9 Å². The van der Waals surface area contributed by atoms with Gasteiger partial charge in [-0.05, 0) is 77.0 Å². The van der Waals surface area contributed by atoms with Gasteiger partial charge in [0.05, 0.1) is 0 Å². The quantitative estimate of drug-likeness (QED) is 0.0262. The van der Waals surface area contributed by atoms with Crippen LogP contribution in [0.1, 0.15) is 297 Å². The summed E-state index contributed by atoms with van der Waals surface area (Å²) in [6, 6.07) is 0. The number of carbonyl (C=O) groups is 3. The lowest BCUT2D eigenvalue weighted by Crippen LogP contribution is -2.30. The van der Waals surface area contributed by atoms with Crippen molar-refractivity contribution < 1.29 is 28.6 Å². The van der Waals surface area contributed by atoms with Crippen molar-refractivity contribution in [3.63, 3.8) is 0 Å². The normalized spacial score (nSPS) is 12.2. The summed E-state index contributed by atoms with van der Waals surface area (Å²) < 4.78 is 16.8. The highest BCUT2D eigenvalue weighted by Crippen LogP contribution is 2.16. The minimum Gasteiger partial charge on any atom is -0.462 e. The molecule has 0 bridgehead atoms. The van der Waals surface area contributed by atoms with Gasteiger partial charge in [-0.25, -0.2) is 0 Å². The Hall–Kier alpha value is -2.37. The van der Waals surface area contributed by atoms with Crippen molar-refractivity contribution in [2.45, 2.75) is 303 Å². The third-order valence-corrected chi connectivity index (χ3v) is 12.4. The second-order valence-electron chi connectivity index (χ2n) is 18.8. The highest BCUT2D eigenvalue weighted by Gasteiger charge is 2.19. The van der Waals surface area contributed by atoms with E-state index in [1.807, 2.05) is 0 Å². The maximum Gasteiger partial charge on any atom is 0.306 e. The third-order valence-electron chi connectivity index (χ3n) is 12.4. The van der Waals surface area contributed by atoms with Crippen molar-refractivity contribution in [2.75, 3.05) is 13.2 Å². The molecule has 0 saturated heterocycles. The molecule has 0 aliphatic heterocycles. The summed E-state index contributed by atoms with van der Waals surface area (Å²) in [6.07, 6.45) is 62.7. The van der Waals surface area contributed by atoms with E-state index in [2.05, 4.69) is 57.2 Å². The molecule has 0 unspecified atom stereocenters. The number of esters is 3. The molecular weight excluding hydrogens is 793 g/mol. The molecule has 0 heterocycles. The minimum atomic E-state index is -0.773. The molecule has 0 amide bonds. The minimum absolute atomic E-state index is 0.0737. The number of carbonyl (C=O) groups excluding carboxylic acids is 3. The van der Waals surface area contributed by atoms with E-state index in [1.165, 1.54) is 186 Å². The van der Waals surface area contributed by atoms with Crippen molar-refractivity contribution >= 4 is 17.9 Å². The maximum atomic E-state index is 12.8. The van der Waals surface area contributed by atoms with Crippen LogP contribution in [0.4, 0.5) is 0 Å². The standard InChI is InChI=1S/C58H106O6/c1-4-7-10-13-16-19-22-25-27-28-29-30-32-33-36-39-42-45-48-51-57(60)63-54-55(53-62-56(59)50-47-44-41-38-35-24-21-18-15-12-9-6-3)64-58(61)52-49-46-43-40-37-34-31-26-23-20-17-14-11-8-5-2/h16,18-19,21,25,27,55H,4-15,17,20,22-24,26,28-54H2,1-3H3/b19-16-,21-18-,27-25-/t55-/m1/s1. The number of allylic oxidation sites excluding steroid dienone is 6. The van der Waals surface area contributed by atoms with Crippen LogP contribution in [0.5, 0.6) is 0 Å². The van der Waals surface area contributed by atoms with Crippen LogP contribution >= 0.6 is 0 Å². The number of hydrogen-bond acceptors (Lipinski definition) is 6. The van der Waals surface area contributed by atoms with Gasteiger partial charge in [0.1, 0.15) is 13.2 Å². The van der Waals surface area contributed by atoms with Crippen LogP contribution in [0.15, 0.2) is 36.5 Å². The average molecular weight is 899 g/mol. The summed E-state index contributed by atoms with van der Waals surface area (Å²) in [5.74, 6) is -0.872. The van der Waals surface area contributed by atoms with E-state index in [1.54, 1.807) is 0 Å². The Balaban J connectivity index is 4.32. The monoisotopic (exact) mass is 899 g/mol. The Morgan fingerprint density at radius 3 is 0.906 bits per heavy atom. The first-order valence-electron chi connectivity index (χ1n) is 28.0. The van der Waals surface area contributed by atoms with Crippen LogP contribution in [0.3, 0.4) is 0 Å². The molecule has 0 aliphatic rings. The number of ether oxygens (including phenoxy) is 3. The number of hydrogen-bond donors (Lipinski definition) is 0. The van der Waals surface area contributed by atoms with Crippen LogP contribution in [0, 0.1) is 0 Å². The predicted molar refractivity (Wildman–Crippen MR) is 275 cm³/mol. The summed E-state index contributed by atoms with van der Waals surface area (Å²) >= 11 is 0. The Morgan fingerprint density at radius 2 is 0.562 bits per heavy atom. The van der Waals surface area contributed by atoms with Crippen molar-refractivity contribution in [1.29, 1.82) is 0 Å². The van der Waals surface area contributed by atoms with Gasteiger partial charge >= 0.3 is 17.9 Å². The SMILES string of the molecule is CCCCC/C=C\C/C=C\CCCCCCCCCCCC(=O)OC[C@@H](COC(=O)CCCCCCC/C=C\CCCCC)OC(=O)CCCCCCCCCCCCCCCCC. The summed E-state index contributed by atoms with van der Waals surface area (Å²) in [5.41, 5.74) is 0. The first-order valence-corrected chi connectivity index (χ1v) is 28.0. The Morgan fingerprint density at radius 1 is 0.312 bits per heavy atom. The summed E-state index contributed by atoms with van der Waals surface area (Å²) in [6.45, 7) is 6.61. The fourth-order valence-corrected chi connectivity index (χ4v) is 8.12. The van der Waals surface area contributed by atoms with Gasteiger partial charge in [-0.15, -0.1) is 0 Å². The van der Waals surface area contributed by atoms with Gasteiger partial charge in [-0.3, -0.25) is 14.4 Å². The fourth-order valence-electron chi connectivity index (χ4n) is 8.12. The lowest BCUT2D eigenvalue weighted by atomic mass is 10.0. The zero-order valence-corrected chi connectivity index (χ0v) is 42.8. The van der Waals surface area contributed by atoms with Gasteiger partial charge < -0.3 is 14.2 Å². The van der Waals surface area contributed by atoms with Gasteiger partial charge in [-0.1, -0.05) is 237 Å². The molecule has 0 radical (unpaired) electrons. The molecule has 0 spiro atoms. The van der Waals surface area contributed by atoms with Crippen molar-refractivity contribution in [1.82, 2.24) is 0 Å². The molecule has 0 N–H and O–H groups in total. The van der Waals surface area contributed by atoms with E-state index < -0.39 is 6.10 Å². The van der Waals surface area contributed by atoms with Gasteiger partial charge in [0.25, 0.3) is 0 Å². The van der Waals surface area contributed by atoms with E-state index in [0.29, 0.717) is 19.3 Å². The van der Waals surface area contributed by atoms with E-state index >= 15 is 0 Å². The molecule has 0 saturated carbocycles. The Labute approximate surface area is 397 Å². The second kappa shape index (κ2) is 53.2. The molecule has 0 fully saturated rings. The predicted octanol–water partition coefficient (Wildman–Crippen LogP) is 18.5. The molecule has 64 heavy (non-hydrogen) atoms. The van der Waals surface area contributed by atoms with E-state index in [9.17, 15) is 14.4 Å². The van der Waals surface area contributed by atoms with Gasteiger partial charge in [0, 0.05) is 19.3 Å². The van der Waals surface area contributed by atoms with E-state index in [-0.39, 0.29) is 31.1 Å². The van der Waals surface area contributed by atoms with Crippen LogP contribution in [-0.4, -0.2) is 37.2 Å². The molecule has 1 atom stereocenters. The summed E-state index contributed by atoms with van der Waals surface area (Å²) in [5, 5.41) is 0. The van der Waals surface area contributed by atoms with Crippen LogP contribution in [0.2, 0.25) is 0 Å². The summed E-state index contributed by atoms with van der Waals surface area (Å²) in [4.78, 5) is 38.1. The number of unbranched alkanes of at least 4 members (excludes halogenated alkanes) is 34. The second-order valence-corrected chi connectivity index (χ2v) is 18.8. The van der Waals surface area contributed by atoms with Gasteiger partial charge in [-0.2, -0.15) is 0 Å².